The van der Waals surface area contributed by atoms with Crippen LogP contribution in [0.5, 0.6) is 0 Å². The van der Waals surface area contributed by atoms with Crippen molar-refractivity contribution in [3.63, 3.8) is 0 Å². The Balaban J connectivity index is 2.12. The molecule has 4 heteroatoms. The molecule has 90 valence electrons. The van der Waals surface area contributed by atoms with Crippen molar-refractivity contribution in [3.05, 3.63) is 56.2 Å². The van der Waals surface area contributed by atoms with E-state index in [-0.39, 0.29) is 6.04 Å². The van der Waals surface area contributed by atoms with Gasteiger partial charge in [0.15, 0.2) is 0 Å². The van der Waals surface area contributed by atoms with Crippen LogP contribution in [-0.4, -0.2) is 0 Å². The number of nitrogens with one attached hydrogen (secondary N) is 1. The molecule has 1 unspecified atom stereocenters. The van der Waals surface area contributed by atoms with Crippen LogP contribution in [0.2, 0.25) is 0 Å². The lowest BCUT2D eigenvalue weighted by Gasteiger charge is -2.14. The van der Waals surface area contributed by atoms with E-state index in [0.29, 0.717) is 0 Å². The second-order valence-corrected chi connectivity index (χ2v) is 6.23. The third-order valence-corrected chi connectivity index (χ3v) is 4.30. The van der Waals surface area contributed by atoms with Crippen molar-refractivity contribution >= 4 is 27.3 Å². The minimum Gasteiger partial charge on any atom is -0.271 e. The van der Waals surface area contributed by atoms with E-state index in [1.165, 1.54) is 15.3 Å². The summed E-state index contributed by atoms with van der Waals surface area (Å²) in [5.41, 5.74) is 4.17. The van der Waals surface area contributed by atoms with Gasteiger partial charge in [-0.05, 0) is 43.2 Å². The minimum absolute atomic E-state index is 0.190. The number of benzene rings is 1. The van der Waals surface area contributed by atoms with Gasteiger partial charge in [0, 0.05) is 14.2 Å². The predicted octanol–water partition coefficient (Wildman–Crippen LogP) is 3.57. The Labute approximate surface area is 114 Å². The number of thiophene rings is 1. The molecule has 0 bridgehead atoms. The molecule has 1 heterocycles. The summed E-state index contributed by atoms with van der Waals surface area (Å²) in [6, 6.07) is 12.8. The van der Waals surface area contributed by atoms with Crippen LogP contribution in [0, 0.1) is 6.92 Å². The van der Waals surface area contributed by atoms with Gasteiger partial charge < -0.3 is 0 Å². The first-order valence-corrected chi connectivity index (χ1v) is 7.07. The van der Waals surface area contributed by atoms with Gasteiger partial charge in [-0.15, -0.1) is 11.3 Å². The van der Waals surface area contributed by atoms with Crippen LogP contribution < -0.4 is 11.3 Å². The van der Waals surface area contributed by atoms with Gasteiger partial charge in [-0.1, -0.05) is 28.1 Å². The van der Waals surface area contributed by atoms with Crippen LogP contribution in [0.3, 0.4) is 0 Å². The van der Waals surface area contributed by atoms with E-state index in [1.807, 2.05) is 0 Å². The summed E-state index contributed by atoms with van der Waals surface area (Å²) in [6.45, 7) is 2.11. The number of hydrogen-bond acceptors (Lipinski definition) is 3. The van der Waals surface area contributed by atoms with Crippen LogP contribution in [0.1, 0.15) is 21.4 Å². The van der Waals surface area contributed by atoms with Gasteiger partial charge in [-0.2, -0.15) is 0 Å². The molecule has 0 aliphatic rings. The molecule has 2 nitrogen and oxygen atoms in total. The molecule has 0 aliphatic carbocycles. The van der Waals surface area contributed by atoms with Gasteiger partial charge in [0.25, 0.3) is 0 Å². The highest BCUT2D eigenvalue weighted by atomic mass is 79.9. The molecule has 1 aromatic heterocycles. The summed E-state index contributed by atoms with van der Waals surface area (Å²) in [5, 5.41) is 0. The van der Waals surface area contributed by atoms with E-state index in [9.17, 15) is 0 Å². The van der Waals surface area contributed by atoms with Gasteiger partial charge in [0.1, 0.15) is 0 Å². The molecule has 0 spiro atoms. The average Bonchev–Trinajstić information content (AvgIpc) is 2.75. The Morgan fingerprint density at radius 1 is 1.24 bits per heavy atom. The van der Waals surface area contributed by atoms with Crippen molar-refractivity contribution < 1.29 is 0 Å². The predicted molar refractivity (Wildman–Crippen MR) is 77.0 cm³/mol. The average molecular weight is 311 g/mol. The lowest BCUT2D eigenvalue weighted by Crippen LogP contribution is -2.28. The number of hydrazine groups is 1. The molecule has 1 aromatic carbocycles. The van der Waals surface area contributed by atoms with Crippen molar-refractivity contribution in [2.75, 3.05) is 0 Å². The van der Waals surface area contributed by atoms with Crippen LogP contribution in [-0.2, 0) is 6.42 Å². The molecule has 2 rings (SSSR count). The highest BCUT2D eigenvalue weighted by Crippen LogP contribution is 2.25. The lowest BCUT2D eigenvalue weighted by atomic mass is 10.1. The number of halogens is 1. The van der Waals surface area contributed by atoms with E-state index in [0.717, 1.165) is 10.9 Å². The Morgan fingerprint density at radius 2 is 1.94 bits per heavy atom. The molecule has 0 fully saturated rings. The summed E-state index contributed by atoms with van der Waals surface area (Å²) in [6.07, 6.45) is 0.906. The summed E-state index contributed by atoms with van der Waals surface area (Å²) in [5.74, 6) is 5.64. The zero-order chi connectivity index (χ0) is 12.3. The zero-order valence-electron chi connectivity index (χ0n) is 9.61. The summed E-state index contributed by atoms with van der Waals surface area (Å²) in [7, 11) is 0. The number of rotatable bonds is 4. The quantitative estimate of drug-likeness (QED) is 0.669. The fourth-order valence-corrected chi connectivity index (χ4v) is 2.94. The molecule has 2 aromatic rings. The normalized spacial score (nSPS) is 12.6. The highest BCUT2D eigenvalue weighted by molar-refractivity contribution is 9.10. The largest absolute Gasteiger partial charge is 0.271 e. The highest BCUT2D eigenvalue weighted by Gasteiger charge is 2.12. The lowest BCUT2D eigenvalue weighted by molar-refractivity contribution is 0.560. The number of nitrogens with two attached hydrogens (primary N) is 1. The molecule has 1 atom stereocenters. The standard InChI is InChI=1S/C13H15BrN2S/c1-9-2-7-13(17-9)12(16-15)8-10-3-5-11(14)6-4-10/h2-7,12,16H,8,15H2,1H3. The van der Waals surface area contributed by atoms with Gasteiger partial charge in [-0.25, -0.2) is 0 Å². The smallest absolute Gasteiger partial charge is 0.0593 e. The maximum absolute atomic E-state index is 5.64. The Kier molecular flexibility index (Phi) is 4.34. The SMILES string of the molecule is Cc1ccc(C(Cc2ccc(Br)cc2)NN)s1. The van der Waals surface area contributed by atoms with Crippen molar-refractivity contribution in [3.8, 4) is 0 Å². The number of aryl methyl sites for hydroxylation is 1. The third kappa shape index (κ3) is 3.39. The molecule has 17 heavy (non-hydrogen) atoms. The van der Waals surface area contributed by atoms with Crippen LogP contribution in [0.15, 0.2) is 40.9 Å². The maximum Gasteiger partial charge on any atom is 0.0593 e. The zero-order valence-corrected chi connectivity index (χ0v) is 12.0. The van der Waals surface area contributed by atoms with E-state index in [4.69, 9.17) is 5.84 Å². The molecular weight excluding hydrogens is 296 g/mol. The summed E-state index contributed by atoms with van der Waals surface area (Å²) >= 11 is 5.23. The van der Waals surface area contributed by atoms with Gasteiger partial charge in [0.05, 0.1) is 6.04 Å². The fraction of sp³-hybridized carbons (Fsp3) is 0.231. The number of hydrogen-bond donors (Lipinski definition) is 2. The molecule has 0 saturated heterocycles. The monoisotopic (exact) mass is 310 g/mol. The van der Waals surface area contributed by atoms with Crippen LogP contribution in [0.25, 0.3) is 0 Å². The third-order valence-electron chi connectivity index (χ3n) is 2.66. The first kappa shape index (κ1) is 12.8. The van der Waals surface area contributed by atoms with Crippen molar-refractivity contribution in [2.24, 2.45) is 5.84 Å². The fourth-order valence-electron chi connectivity index (χ4n) is 1.74. The van der Waals surface area contributed by atoms with Crippen molar-refractivity contribution in [1.29, 1.82) is 0 Å². The Bertz CT molecular complexity index is 478. The van der Waals surface area contributed by atoms with E-state index in [1.54, 1.807) is 11.3 Å². The Hall–Kier alpha value is -0.680. The minimum atomic E-state index is 0.190. The molecule has 0 saturated carbocycles. The van der Waals surface area contributed by atoms with E-state index in [2.05, 4.69) is 64.7 Å². The molecule has 0 radical (unpaired) electrons. The van der Waals surface area contributed by atoms with Crippen molar-refractivity contribution in [1.82, 2.24) is 5.43 Å². The van der Waals surface area contributed by atoms with E-state index < -0.39 is 0 Å². The molecular formula is C13H15BrN2S. The topological polar surface area (TPSA) is 38.0 Å². The van der Waals surface area contributed by atoms with Crippen molar-refractivity contribution in [2.45, 2.75) is 19.4 Å². The van der Waals surface area contributed by atoms with Gasteiger partial charge in [0.2, 0.25) is 0 Å². The van der Waals surface area contributed by atoms with Crippen LogP contribution >= 0.6 is 27.3 Å². The van der Waals surface area contributed by atoms with E-state index >= 15 is 0 Å². The van der Waals surface area contributed by atoms with Gasteiger partial charge in [-0.3, -0.25) is 11.3 Å². The molecule has 0 aliphatic heterocycles. The van der Waals surface area contributed by atoms with Gasteiger partial charge >= 0.3 is 0 Å². The van der Waals surface area contributed by atoms with Crippen LogP contribution in [0.4, 0.5) is 0 Å². The Morgan fingerprint density at radius 3 is 2.47 bits per heavy atom. The maximum atomic E-state index is 5.64. The summed E-state index contributed by atoms with van der Waals surface area (Å²) < 4.78 is 1.10. The first-order chi connectivity index (χ1) is 8.19. The molecule has 0 amide bonds. The second kappa shape index (κ2) is 5.78. The summed E-state index contributed by atoms with van der Waals surface area (Å²) in [4.78, 5) is 2.60. The molecule has 3 N–H and O–H groups in total. The first-order valence-electron chi connectivity index (χ1n) is 5.46. The second-order valence-electron chi connectivity index (χ2n) is 4.00.